The van der Waals surface area contributed by atoms with Crippen LogP contribution in [0.2, 0.25) is 0 Å². The molecule has 1 aromatic carbocycles. The van der Waals surface area contributed by atoms with Crippen LogP contribution in [0.5, 0.6) is 0 Å². The van der Waals surface area contributed by atoms with Crippen molar-refractivity contribution in [3.8, 4) is 0 Å². The zero-order chi connectivity index (χ0) is 9.15. The van der Waals surface area contributed by atoms with E-state index in [1.165, 1.54) is 31.3 Å². The van der Waals surface area contributed by atoms with Crippen molar-refractivity contribution in [2.45, 2.75) is 19.0 Å². The van der Waals surface area contributed by atoms with Gasteiger partial charge in [0, 0.05) is 13.9 Å². The third kappa shape index (κ3) is 3.07. The van der Waals surface area contributed by atoms with Gasteiger partial charge < -0.3 is 17.0 Å². The SMILES string of the molecule is C[P+]1(Cc2ccccc2)CCCC1.[Br-]. The number of rotatable bonds is 2. The van der Waals surface area contributed by atoms with Crippen molar-refractivity contribution >= 4 is 7.26 Å². The highest BCUT2D eigenvalue weighted by Gasteiger charge is 2.35. The van der Waals surface area contributed by atoms with Crippen molar-refractivity contribution in [1.82, 2.24) is 0 Å². The molecule has 0 amide bonds. The fourth-order valence-electron chi connectivity index (χ4n) is 2.28. The normalized spacial score (nSPS) is 18.9. The molecule has 0 radical (unpaired) electrons. The van der Waals surface area contributed by atoms with Crippen LogP contribution in [-0.4, -0.2) is 19.0 Å². The Labute approximate surface area is 98.2 Å². The van der Waals surface area contributed by atoms with Crippen molar-refractivity contribution < 1.29 is 17.0 Å². The molecular formula is C12H18BrP. The lowest BCUT2D eigenvalue weighted by Gasteiger charge is -2.16. The number of halogens is 1. The fraction of sp³-hybridized carbons (Fsp3) is 0.500. The van der Waals surface area contributed by atoms with Gasteiger partial charge >= 0.3 is 0 Å². The fourth-order valence-corrected chi connectivity index (χ4v) is 5.89. The highest BCUT2D eigenvalue weighted by Crippen LogP contribution is 2.62. The predicted molar refractivity (Wildman–Crippen MR) is 62.0 cm³/mol. The molecule has 1 heterocycles. The molecule has 0 aliphatic carbocycles. The van der Waals surface area contributed by atoms with E-state index < -0.39 is 7.26 Å². The molecule has 1 aliphatic rings. The van der Waals surface area contributed by atoms with Crippen molar-refractivity contribution in [3.63, 3.8) is 0 Å². The molecule has 0 saturated carbocycles. The molecule has 14 heavy (non-hydrogen) atoms. The molecule has 78 valence electrons. The molecule has 1 saturated heterocycles. The monoisotopic (exact) mass is 272 g/mol. The Bertz CT molecular complexity index is 265. The first-order chi connectivity index (χ1) is 6.29. The highest BCUT2D eigenvalue weighted by atomic mass is 79.9. The lowest BCUT2D eigenvalue weighted by atomic mass is 10.2. The maximum absolute atomic E-state index is 2.55. The number of hydrogen-bond donors (Lipinski definition) is 0. The zero-order valence-electron chi connectivity index (χ0n) is 8.75. The van der Waals surface area contributed by atoms with Crippen LogP contribution in [0.1, 0.15) is 18.4 Å². The van der Waals surface area contributed by atoms with Gasteiger partial charge in [-0.05, 0) is 18.4 Å². The van der Waals surface area contributed by atoms with Crippen LogP contribution in [0.4, 0.5) is 0 Å². The highest BCUT2D eigenvalue weighted by molar-refractivity contribution is 7.74. The van der Waals surface area contributed by atoms with Crippen molar-refractivity contribution in [1.29, 1.82) is 0 Å². The van der Waals surface area contributed by atoms with E-state index in [0.29, 0.717) is 0 Å². The summed E-state index contributed by atoms with van der Waals surface area (Å²) in [6.07, 6.45) is 7.41. The number of hydrogen-bond acceptors (Lipinski definition) is 0. The summed E-state index contributed by atoms with van der Waals surface area (Å²) in [5.41, 5.74) is 1.56. The van der Waals surface area contributed by atoms with Gasteiger partial charge in [0.15, 0.2) is 0 Å². The molecule has 0 bridgehead atoms. The van der Waals surface area contributed by atoms with Gasteiger partial charge in [-0.25, -0.2) is 0 Å². The Morgan fingerprint density at radius 1 is 1.07 bits per heavy atom. The van der Waals surface area contributed by atoms with E-state index >= 15 is 0 Å². The third-order valence-electron chi connectivity index (χ3n) is 3.05. The molecular weight excluding hydrogens is 255 g/mol. The zero-order valence-corrected chi connectivity index (χ0v) is 11.2. The quantitative estimate of drug-likeness (QED) is 0.693. The summed E-state index contributed by atoms with van der Waals surface area (Å²) in [4.78, 5) is 0. The minimum Gasteiger partial charge on any atom is -1.00 e. The second-order valence-electron chi connectivity index (χ2n) is 4.42. The first-order valence-corrected chi connectivity index (χ1v) is 7.95. The van der Waals surface area contributed by atoms with E-state index in [4.69, 9.17) is 0 Å². The smallest absolute Gasteiger partial charge is 0.0840 e. The summed E-state index contributed by atoms with van der Waals surface area (Å²) in [7, 11) is -0.542. The summed E-state index contributed by atoms with van der Waals surface area (Å²) in [6, 6.07) is 11.0. The first-order valence-electron chi connectivity index (χ1n) is 5.16. The van der Waals surface area contributed by atoms with E-state index in [1.807, 2.05) is 0 Å². The summed E-state index contributed by atoms with van der Waals surface area (Å²) < 4.78 is 0. The molecule has 2 heteroatoms. The van der Waals surface area contributed by atoms with Crippen LogP contribution in [0.3, 0.4) is 0 Å². The maximum atomic E-state index is 2.55. The molecule has 1 aliphatic heterocycles. The average molecular weight is 273 g/mol. The lowest BCUT2D eigenvalue weighted by molar-refractivity contribution is -0.00000286. The van der Waals surface area contributed by atoms with Crippen molar-refractivity contribution in [3.05, 3.63) is 35.9 Å². The molecule has 1 aromatic rings. The Kier molecular flexibility index (Phi) is 4.60. The maximum Gasteiger partial charge on any atom is 0.0840 e. The molecule has 0 spiro atoms. The van der Waals surface area contributed by atoms with E-state index in [2.05, 4.69) is 37.0 Å². The van der Waals surface area contributed by atoms with E-state index in [1.54, 1.807) is 5.56 Å². The van der Waals surface area contributed by atoms with Crippen LogP contribution >= 0.6 is 7.26 Å². The number of benzene rings is 1. The van der Waals surface area contributed by atoms with Crippen molar-refractivity contribution in [2.24, 2.45) is 0 Å². The van der Waals surface area contributed by atoms with Crippen molar-refractivity contribution in [2.75, 3.05) is 19.0 Å². The Morgan fingerprint density at radius 3 is 2.21 bits per heavy atom. The van der Waals surface area contributed by atoms with Crippen LogP contribution in [0.15, 0.2) is 30.3 Å². The average Bonchev–Trinajstić information content (AvgIpc) is 2.54. The minimum atomic E-state index is -0.542. The predicted octanol–water partition coefficient (Wildman–Crippen LogP) is 0.632. The standard InChI is InChI=1S/C12H18P.BrH/c1-13(9-5-6-10-13)11-12-7-3-2-4-8-12;/h2-4,7-8H,5-6,9-11H2,1H3;1H/q+1;/p-1. The van der Waals surface area contributed by atoms with Crippen LogP contribution in [-0.2, 0) is 6.16 Å². The molecule has 2 rings (SSSR count). The summed E-state index contributed by atoms with van der Waals surface area (Å²) >= 11 is 0. The van der Waals surface area contributed by atoms with Gasteiger partial charge in [0.25, 0.3) is 0 Å². The van der Waals surface area contributed by atoms with Gasteiger partial charge in [-0.3, -0.25) is 0 Å². The van der Waals surface area contributed by atoms with Gasteiger partial charge in [0.05, 0.1) is 18.5 Å². The van der Waals surface area contributed by atoms with Gasteiger partial charge in [-0.2, -0.15) is 0 Å². The second-order valence-corrected chi connectivity index (χ2v) is 8.87. The van der Waals surface area contributed by atoms with E-state index in [-0.39, 0.29) is 17.0 Å². The Hall–Kier alpha value is 0.130. The first kappa shape index (κ1) is 12.2. The van der Waals surface area contributed by atoms with Gasteiger partial charge in [-0.1, -0.05) is 30.3 Å². The molecule has 0 atom stereocenters. The summed E-state index contributed by atoms with van der Waals surface area (Å²) in [5.74, 6) is 0. The minimum absolute atomic E-state index is 0. The van der Waals surface area contributed by atoms with Gasteiger partial charge in [0.1, 0.15) is 0 Å². The van der Waals surface area contributed by atoms with E-state index in [9.17, 15) is 0 Å². The van der Waals surface area contributed by atoms with Gasteiger partial charge in [0.2, 0.25) is 0 Å². The molecule has 0 unspecified atom stereocenters. The summed E-state index contributed by atoms with van der Waals surface area (Å²) in [6.45, 7) is 2.55. The van der Waals surface area contributed by atoms with Crippen LogP contribution in [0, 0.1) is 0 Å². The second kappa shape index (κ2) is 5.28. The topological polar surface area (TPSA) is 0 Å². The van der Waals surface area contributed by atoms with Crippen LogP contribution in [0.25, 0.3) is 0 Å². The largest absolute Gasteiger partial charge is 1.00 e. The lowest BCUT2D eigenvalue weighted by Crippen LogP contribution is -3.00. The third-order valence-corrected chi connectivity index (χ3v) is 6.97. The van der Waals surface area contributed by atoms with Gasteiger partial charge in [-0.15, -0.1) is 0 Å². The molecule has 0 N–H and O–H groups in total. The molecule has 1 fully saturated rings. The molecule has 0 aromatic heterocycles. The van der Waals surface area contributed by atoms with E-state index in [0.717, 1.165) is 0 Å². The Balaban J connectivity index is 0.000000980. The Morgan fingerprint density at radius 2 is 1.64 bits per heavy atom. The molecule has 0 nitrogen and oxygen atoms in total. The summed E-state index contributed by atoms with van der Waals surface area (Å²) in [5, 5.41) is 0. The van der Waals surface area contributed by atoms with Crippen LogP contribution < -0.4 is 17.0 Å².